The van der Waals surface area contributed by atoms with Crippen molar-refractivity contribution < 1.29 is 54.2 Å². The van der Waals surface area contributed by atoms with Crippen molar-refractivity contribution in [3.05, 3.63) is 0 Å². The molecule has 1 rings (SSSR count). The molecule has 1 aliphatic carbocycles. The summed E-state index contributed by atoms with van der Waals surface area (Å²) in [6, 6.07) is 0. The van der Waals surface area contributed by atoms with Gasteiger partial charge in [0.2, 0.25) is 0 Å². The molecule has 0 aliphatic heterocycles. The van der Waals surface area contributed by atoms with Crippen molar-refractivity contribution >= 4 is 5.97 Å². The lowest BCUT2D eigenvalue weighted by Gasteiger charge is -2.34. The molecule has 0 aromatic carbocycles. The molecule has 1 atom stereocenters. The summed E-state index contributed by atoms with van der Waals surface area (Å²) < 4.78 is 119. The number of ether oxygens (including phenoxy) is 1. The van der Waals surface area contributed by atoms with E-state index < -0.39 is 48.5 Å². The van der Waals surface area contributed by atoms with Crippen LogP contribution in [-0.4, -0.2) is 47.2 Å². The van der Waals surface area contributed by atoms with Crippen LogP contribution in [0.4, 0.5) is 39.5 Å². The largest absolute Gasteiger partial charge is 0.460 e. The SMILES string of the molecule is O=C(OC1CCCCC1)C(O)CC(F)(F)C(F)(F)C(F)(F)C(F)(F)F. The first-order valence-electron chi connectivity index (χ1n) is 7.22. The third-order valence-electron chi connectivity index (χ3n) is 3.77. The zero-order chi connectivity index (χ0) is 19.7. The Morgan fingerprint density at radius 3 is 1.84 bits per heavy atom. The number of carbonyl (C=O) groups excluding carboxylic acids is 1. The van der Waals surface area contributed by atoms with Crippen molar-refractivity contribution in [2.45, 2.75) is 74.7 Å². The molecule has 25 heavy (non-hydrogen) atoms. The van der Waals surface area contributed by atoms with Crippen molar-refractivity contribution in [1.82, 2.24) is 0 Å². The Hall–Kier alpha value is -1.20. The Balaban J connectivity index is 2.82. The van der Waals surface area contributed by atoms with Crippen LogP contribution in [0.15, 0.2) is 0 Å². The van der Waals surface area contributed by atoms with E-state index in [0.717, 1.165) is 6.42 Å². The number of carbonyl (C=O) groups is 1. The van der Waals surface area contributed by atoms with Gasteiger partial charge in [-0.2, -0.15) is 39.5 Å². The van der Waals surface area contributed by atoms with Crippen LogP contribution in [0.3, 0.4) is 0 Å². The predicted molar refractivity (Wildman–Crippen MR) is 64.5 cm³/mol. The molecule has 1 fully saturated rings. The molecular weight excluding hydrogens is 375 g/mol. The van der Waals surface area contributed by atoms with Crippen LogP contribution in [0, 0.1) is 0 Å². The van der Waals surface area contributed by atoms with Gasteiger partial charge in [-0.15, -0.1) is 0 Å². The van der Waals surface area contributed by atoms with Crippen molar-refractivity contribution in [2.24, 2.45) is 0 Å². The second-order valence-electron chi connectivity index (χ2n) is 5.77. The van der Waals surface area contributed by atoms with Crippen LogP contribution in [0.5, 0.6) is 0 Å². The molecule has 1 N–H and O–H groups in total. The first-order chi connectivity index (χ1) is 11.1. The van der Waals surface area contributed by atoms with E-state index in [1.165, 1.54) is 0 Å². The maximum atomic E-state index is 13.3. The molecule has 12 heteroatoms. The molecule has 148 valence electrons. The summed E-state index contributed by atoms with van der Waals surface area (Å²) in [5, 5.41) is 9.20. The number of hydrogen-bond acceptors (Lipinski definition) is 3. The maximum absolute atomic E-state index is 13.3. The standard InChI is InChI=1S/C13H15F9O3/c14-10(15,11(16,17)12(18,19)13(20,21)22)6-8(23)9(24)25-7-4-2-1-3-5-7/h7-8,23H,1-6H2. The Morgan fingerprint density at radius 1 is 0.920 bits per heavy atom. The maximum Gasteiger partial charge on any atom is 0.460 e. The van der Waals surface area contributed by atoms with Gasteiger partial charge in [0.1, 0.15) is 6.10 Å². The molecule has 1 aliphatic rings. The lowest BCUT2D eigenvalue weighted by atomic mass is 9.97. The highest BCUT2D eigenvalue weighted by atomic mass is 19.4. The minimum atomic E-state index is -7.06. The van der Waals surface area contributed by atoms with Gasteiger partial charge < -0.3 is 9.84 Å². The zero-order valence-electron chi connectivity index (χ0n) is 12.6. The summed E-state index contributed by atoms with van der Waals surface area (Å²) in [4.78, 5) is 11.4. The van der Waals surface area contributed by atoms with Gasteiger partial charge in [0, 0.05) is 0 Å². The van der Waals surface area contributed by atoms with Gasteiger partial charge in [-0.05, 0) is 25.7 Å². The fraction of sp³-hybridized carbons (Fsp3) is 0.923. The summed E-state index contributed by atoms with van der Waals surface area (Å²) >= 11 is 0. The van der Waals surface area contributed by atoms with Crippen molar-refractivity contribution in [1.29, 1.82) is 0 Å². The molecule has 0 aromatic rings. The fourth-order valence-corrected chi connectivity index (χ4v) is 2.29. The molecule has 0 aromatic heterocycles. The molecule has 1 unspecified atom stereocenters. The number of halogens is 9. The Bertz CT molecular complexity index is 470. The smallest absolute Gasteiger partial charge is 0.460 e. The first kappa shape index (κ1) is 21.8. The van der Waals surface area contributed by atoms with Crippen LogP contribution in [0.1, 0.15) is 38.5 Å². The van der Waals surface area contributed by atoms with Crippen molar-refractivity contribution in [3.63, 3.8) is 0 Å². The van der Waals surface area contributed by atoms with E-state index in [9.17, 15) is 49.4 Å². The Labute approximate surface area is 136 Å². The number of hydrogen-bond donors (Lipinski definition) is 1. The summed E-state index contributed by atoms with van der Waals surface area (Å²) in [7, 11) is 0. The van der Waals surface area contributed by atoms with E-state index in [0.29, 0.717) is 25.7 Å². The van der Waals surface area contributed by atoms with Crippen LogP contribution in [0.2, 0.25) is 0 Å². The third kappa shape index (κ3) is 4.50. The van der Waals surface area contributed by atoms with Gasteiger partial charge in [0.25, 0.3) is 0 Å². The summed E-state index contributed by atoms with van der Waals surface area (Å²) in [6.45, 7) is 0. The van der Waals surface area contributed by atoms with Gasteiger partial charge in [-0.3, -0.25) is 0 Å². The average molecular weight is 390 g/mol. The number of rotatable bonds is 6. The van der Waals surface area contributed by atoms with Crippen molar-refractivity contribution in [3.8, 4) is 0 Å². The fourth-order valence-electron chi connectivity index (χ4n) is 2.29. The third-order valence-corrected chi connectivity index (χ3v) is 3.77. The van der Waals surface area contributed by atoms with Gasteiger partial charge in [-0.25, -0.2) is 4.79 Å². The summed E-state index contributed by atoms with van der Waals surface area (Å²) in [5.74, 6) is -21.7. The normalized spacial score (nSPS) is 19.6. The highest BCUT2D eigenvalue weighted by molar-refractivity contribution is 5.74. The molecule has 0 saturated heterocycles. The molecule has 0 spiro atoms. The minimum absolute atomic E-state index is 0.331. The Morgan fingerprint density at radius 2 is 1.40 bits per heavy atom. The van der Waals surface area contributed by atoms with Gasteiger partial charge in [-0.1, -0.05) is 6.42 Å². The van der Waals surface area contributed by atoms with E-state index in [2.05, 4.69) is 4.74 Å². The zero-order valence-corrected chi connectivity index (χ0v) is 12.6. The lowest BCUT2D eigenvalue weighted by molar-refractivity contribution is -0.398. The van der Waals surface area contributed by atoms with Crippen LogP contribution >= 0.6 is 0 Å². The molecule has 0 amide bonds. The minimum Gasteiger partial charge on any atom is -0.460 e. The molecule has 1 saturated carbocycles. The van der Waals surface area contributed by atoms with Crippen molar-refractivity contribution in [2.75, 3.05) is 0 Å². The van der Waals surface area contributed by atoms with E-state index in [-0.39, 0.29) is 0 Å². The quantitative estimate of drug-likeness (QED) is 0.549. The summed E-state index contributed by atoms with van der Waals surface area (Å²) in [6.07, 6.45) is -10.6. The summed E-state index contributed by atoms with van der Waals surface area (Å²) in [5.41, 5.74) is 0. The van der Waals surface area contributed by atoms with Crippen LogP contribution in [-0.2, 0) is 9.53 Å². The number of esters is 1. The monoisotopic (exact) mass is 390 g/mol. The molecular formula is C13H15F9O3. The van der Waals surface area contributed by atoms with E-state index in [1.807, 2.05) is 0 Å². The lowest BCUT2D eigenvalue weighted by Crippen LogP contribution is -2.61. The molecule has 0 heterocycles. The number of aliphatic hydroxyl groups is 1. The van der Waals surface area contributed by atoms with Gasteiger partial charge in [0.05, 0.1) is 6.42 Å². The molecule has 0 bridgehead atoms. The molecule has 0 radical (unpaired) electrons. The van der Waals surface area contributed by atoms with E-state index in [4.69, 9.17) is 0 Å². The molecule has 3 nitrogen and oxygen atoms in total. The Kier molecular flexibility index (Phi) is 6.29. The van der Waals surface area contributed by atoms with Gasteiger partial charge >= 0.3 is 29.9 Å². The topological polar surface area (TPSA) is 46.5 Å². The average Bonchev–Trinajstić information content (AvgIpc) is 2.46. The van der Waals surface area contributed by atoms with Crippen LogP contribution in [0.25, 0.3) is 0 Å². The predicted octanol–water partition coefficient (Wildman–Crippen LogP) is 4.08. The van der Waals surface area contributed by atoms with E-state index in [1.54, 1.807) is 0 Å². The van der Waals surface area contributed by atoms with Crippen LogP contribution < -0.4 is 0 Å². The van der Waals surface area contributed by atoms with E-state index >= 15 is 0 Å². The number of aliphatic hydroxyl groups excluding tert-OH is 1. The highest BCUT2D eigenvalue weighted by Gasteiger charge is 2.81. The highest BCUT2D eigenvalue weighted by Crippen LogP contribution is 2.54. The number of alkyl halides is 9. The second kappa shape index (κ2) is 7.20. The second-order valence-corrected chi connectivity index (χ2v) is 5.77. The first-order valence-corrected chi connectivity index (χ1v) is 7.22. The van der Waals surface area contributed by atoms with Gasteiger partial charge in [0.15, 0.2) is 6.10 Å².